The number of pyridine rings is 1. The first-order valence-corrected chi connectivity index (χ1v) is 4.79. The van der Waals surface area contributed by atoms with Crippen LogP contribution in [0.4, 0.5) is 5.69 Å². The van der Waals surface area contributed by atoms with E-state index in [1.54, 1.807) is 6.20 Å². The summed E-state index contributed by atoms with van der Waals surface area (Å²) in [6.07, 6.45) is 3.26. The highest BCUT2D eigenvalue weighted by Gasteiger charge is 2.01. The van der Waals surface area contributed by atoms with E-state index in [9.17, 15) is 0 Å². The topological polar surface area (TPSA) is 97.5 Å². The van der Waals surface area contributed by atoms with Gasteiger partial charge >= 0.3 is 0 Å². The van der Waals surface area contributed by atoms with Crippen LogP contribution in [-0.4, -0.2) is 22.7 Å². The van der Waals surface area contributed by atoms with Crippen LogP contribution in [-0.2, 0) is 6.42 Å². The predicted octanol–water partition coefficient (Wildman–Crippen LogP) is 0.220. The van der Waals surface area contributed by atoms with E-state index in [0.717, 1.165) is 17.7 Å². The van der Waals surface area contributed by atoms with Crippen molar-refractivity contribution < 1.29 is 5.11 Å². The third-order valence-corrected chi connectivity index (χ3v) is 1.99. The number of aliphatic imine (C=N–C) groups is 1. The number of nitrogens with two attached hydrogens (primary N) is 2. The first-order valence-electron chi connectivity index (χ1n) is 4.79. The van der Waals surface area contributed by atoms with Gasteiger partial charge in [-0.15, -0.1) is 0 Å². The maximum Gasteiger partial charge on any atom is 0.191 e. The van der Waals surface area contributed by atoms with Crippen LogP contribution in [0.25, 0.3) is 0 Å². The van der Waals surface area contributed by atoms with Crippen molar-refractivity contribution in [1.29, 1.82) is 0 Å². The summed E-state index contributed by atoms with van der Waals surface area (Å²) in [6, 6.07) is 1.89. The Balaban J connectivity index is 2.90. The molecule has 0 saturated heterocycles. The van der Waals surface area contributed by atoms with Crippen LogP contribution >= 0.6 is 0 Å². The molecular formula is C10H16N4O. The summed E-state index contributed by atoms with van der Waals surface area (Å²) < 4.78 is 0. The zero-order chi connectivity index (χ0) is 11.3. The maximum atomic E-state index is 8.71. The fraction of sp³-hybridized carbons (Fsp3) is 0.400. The van der Waals surface area contributed by atoms with Crippen molar-refractivity contribution in [2.24, 2.45) is 16.5 Å². The molecule has 5 heteroatoms. The second-order valence-corrected chi connectivity index (χ2v) is 3.31. The van der Waals surface area contributed by atoms with Gasteiger partial charge in [0.15, 0.2) is 5.96 Å². The number of aliphatic hydroxyl groups excluding tert-OH is 1. The summed E-state index contributed by atoms with van der Waals surface area (Å²) in [5, 5.41) is 8.71. The van der Waals surface area contributed by atoms with Crippen LogP contribution in [0.15, 0.2) is 17.3 Å². The summed E-state index contributed by atoms with van der Waals surface area (Å²) in [7, 11) is 0. The summed E-state index contributed by atoms with van der Waals surface area (Å²) >= 11 is 0. The first-order chi connectivity index (χ1) is 7.13. The third kappa shape index (κ3) is 3.55. The van der Waals surface area contributed by atoms with Crippen LogP contribution in [0.2, 0.25) is 0 Å². The number of aliphatic hydroxyl groups is 1. The molecule has 0 unspecified atom stereocenters. The number of guanidine groups is 1. The Hall–Kier alpha value is -1.62. The maximum absolute atomic E-state index is 8.71. The zero-order valence-electron chi connectivity index (χ0n) is 8.77. The number of aryl methyl sites for hydroxylation is 2. The first kappa shape index (κ1) is 11.5. The van der Waals surface area contributed by atoms with E-state index in [1.807, 2.05) is 13.0 Å². The Morgan fingerprint density at radius 3 is 2.87 bits per heavy atom. The summed E-state index contributed by atoms with van der Waals surface area (Å²) in [5.74, 6) is 0.0270. The highest BCUT2D eigenvalue weighted by Crippen LogP contribution is 2.18. The quantitative estimate of drug-likeness (QED) is 0.487. The minimum Gasteiger partial charge on any atom is -0.396 e. The average molecular weight is 208 g/mol. The smallest absolute Gasteiger partial charge is 0.191 e. The van der Waals surface area contributed by atoms with Gasteiger partial charge in [0, 0.05) is 12.8 Å². The number of nitrogens with zero attached hydrogens (tertiary/aromatic N) is 2. The van der Waals surface area contributed by atoms with E-state index in [-0.39, 0.29) is 12.6 Å². The van der Waals surface area contributed by atoms with Crippen molar-refractivity contribution >= 4 is 11.6 Å². The average Bonchev–Trinajstić information content (AvgIpc) is 2.18. The Kier molecular flexibility index (Phi) is 4.05. The number of hydrogen-bond donors (Lipinski definition) is 3. The Bertz CT molecular complexity index is 358. The number of hydrogen-bond acceptors (Lipinski definition) is 3. The second-order valence-electron chi connectivity index (χ2n) is 3.31. The van der Waals surface area contributed by atoms with Crippen LogP contribution in [0, 0.1) is 6.92 Å². The number of rotatable bonds is 4. The van der Waals surface area contributed by atoms with Gasteiger partial charge in [0.1, 0.15) is 0 Å². The molecule has 1 rings (SSSR count). The van der Waals surface area contributed by atoms with Crippen molar-refractivity contribution in [3.05, 3.63) is 23.5 Å². The molecule has 5 nitrogen and oxygen atoms in total. The standard InChI is InChI=1S/C10H16N4O/c1-7-9(14-10(11)12)5-8(6-13-7)3-2-4-15/h5-6,15H,2-4H2,1H3,(H4,11,12,14). The Morgan fingerprint density at radius 2 is 2.27 bits per heavy atom. The van der Waals surface area contributed by atoms with Gasteiger partial charge < -0.3 is 16.6 Å². The monoisotopic (exact) mass is 208 g/mol. The Morgan fingerprint density at radius 1 is 1.53 bits per heavy atom. The largest absolute Gasteiger partial charge is 0.396 e. The van der Waals surface area contributed by atoms with Crippen molar-refractivity contribution in [1.82, 2.24) is 4.98 Å². The highest BCUT2D eigenvalue weighted by molar-refractivity contribution is 5.79. The SMILES string of the molecule is Cc1ncc(CCCO)cc1N=C(N)N. The molecule has 82 valence electrons. The summed E-state index contributed by atoms with van der Waals surface area (Å²) in [6.45, 7) is 2.02. The lowest BCUT2D eigenvalue weighted by molar-refractivity contribution is 0.288. The molecular weight excluding hydrogens is 192 g/mol. The molecule has 0 radical (unpaired) electrons. The zero-order valence-corrected chi connectivity index (χ0v) is 8.77. The van der Waals surface area contributed by atoms with E-state index in [4.69, 9.17) is 16.6 Å². The molecule has 1 heterocycles. The third-order valence-electron chi connectivity index (χ3n) is 1.99. The van der Waals surface area contributed by atoms with Crippen molar-refractivity contribution in [2.75, 3.05) is 6.61 Å². The van der Waals surface area contributed by atoms with Gasteiger partial charge in [0.2, 0.25) is 0 Å². The molecule has 0 aromatic carbocycles. The fourth-order valence-electron chi connectivity index (χ4n) is 1.24. The van der Waals surface area contributed by atoms with Gasteiger partial charge in [0.25, 0.3) is 0 Å². The van der Waals surface area contributed by atoms with Crippen LogP contribution in [0.3, 0.4) is 0 Å². The molecule has 0 fully saturated rings. The van der Waals surface area contributed by atoms with Crippen LogP contribution in [0.5, 0.6) is 0 Å². The molecule has 0 bridgehead atoms. The lowest BCUT2D eigenvalue weighted by Gasteiger charge is -2.04. The molecule has 0 aliphatic heterocycles. The van der Waals surface area contributed by atoms with Gasteiger partial charge in [0.05, 0.1) is 11.4 Å². The molecule has 0 atom stereocenters. The van der Waals surface area contributed by atoms with E-state index >= 15 is 0 Å². The number of aromatic nitrogens is 1. The molecule has 0 spiro atoms. The molecule has 0 aliphatic carbocycles. The van der Waals surface area contributed by atoms with E-state index in [1.165, 1.54) is 0 Å². The van der Waals surface area contributed by atoms with E-state index in [0.29, 0.717) is 12.1 Å². The molecule has 0 saturated carbocycles. The lowest BCUT2D eigenvalue weighted by atomic mass is 10.1. The normalized spacial score (nSPS) is 10.0. The molecule has 15 heavy (non-hydrogen) atoms. The molecule has 1 aromatic rings. The lowest BCUT2D eigenvalue weighted by Crippen LogP contribution is -2.22. The van der Waals surface area contributed by atoms with Crippen LogP contribution in [0.1, 0.15) is 17.7 Å². The summed E-state index contributed by atoms with van der Waals surface area (Å²) in [4.78, 5) is 8.16. The van der Waals surface area contributed by atoms with E-state index < -0.39 is 0 Å². The minimum atomic E-state index is 0.0270. The Labute approximate surface area is 88.8 Å². The van der Waals surface area contributed by atoms with E-state index in [2.05, 4.69) is 9.98 Å². The van der Waals surface area contributed by atoms with Gasteiger partial charge in [-0.1, -0.05) is 0 Å². The highest BCUT2D eigenvalue weighted by atomic mass is 16.2. The van der Waals surface area contributed by atoms with Gasteiger partial charge in [-0.2, -0.15) is 0 Å². The van der Waals surface area contributed by atoms with Crippen molar-refractivity contribution in [3.8, 4) is 0 Å². The predicted molar refractivity (Wildman–Crippen MR) is 59.9 cm³/mol. The molecule has 5 N–H and O–H groups in total. The van der Waals surface area contributed by atoms with Crippen molar-refractivity contribution in [2.45, 2.75) is 19.8 Å². The summed E-state index contributed by atoms with van der Waals surface area (Å²) in [5.41, 5.74) is 13.1. The minimum absolute atomic E-state index is 0.0270. The molecule has 1 aromatic heterocycles. The molecule has 0 aliphatic rings. The van der Waals surface area contributed by atoms with Crippen molar-refractivity contribution in [3.63, 3.8) is 0 Å². The van der Waals surface area contributed by atoms with Gasteiger partial charge in [-0.25, -0.2) is 4.99 Å². The second kappa shape index (κ2) is 5.31. The van der Waals surface area contributed by atoms with Gasteiger partial charge in [-0.05, 0) is 31.4 Å². The fourth-order valence-corrected chi connectivity index (χ4v) is 1.24. The van der Waals surface area contributed by atoms with Gasteiger partial charge in [-0.3, -0.25) is 4.98 Å². The van der Waals surface area contributed by atoms with Crippen LogP contribution < -0.4 is 11.5 Å². The molecule has 0 amide bonds.